The zero-order valence-electron chi connectivity index (χ0n) is 54.0. The smallest absolute Gasteiger partial charge is 0.0540 e. The van der Waals surface area contributed by atoms with Gasteiger partial charge in [0.15, 0.2) is 0 Å². The van der Waals surface area contributed by atoms with Gasteiger partial charge in [0, 0.05) is 67.9 Å². The second-order valence-electron chi connectivity index (χ2n) is 24.2. The molecule has 0 N–H and O–H groups in total. The molecule has 97 heavy (non-hydrogen) atoms. The Bertz CT molecular complexity index is 5220. The lowest BCUT2D eigenvalue weighted by Crippen LogP contribution is -2.10. The molecule has 0 spiro atoms. The van der Waals surface area contributed by atoms with E-state index in [1.165, 1.54) is 71.6 Å². The number of nitrogens with zero attached hydrogens (tertiary/aromatic N) is 4. The summed E-state index contributed by atoms with van der Waals surface area (Å²) in [6, 6.07) is 145. The summed E-state index contributed by atoms with van der Waals surface area (Å²) in [4.78, 5) is 9.31. The Morgan fingerprint density at radius 2 is 0.443 bits per heavy atom. The first-order valence-corrected chi connectivity index (χ1v) is 33.1. The summed E-state index contributed by atoms with van der Waals surface area (Å²) in [6.45, 7) is 2.21. The third-order valence-electron chi connectivity index (χ3n) is 18.0. The van der Waals surface area contributed by atoms with E-state index in [4.69, 9.17) is 0 Å². The summed E-state index contributed by atoms with van der Waals surface area (Å²) in [7, 11) is 0. The van der Waals surface area contributed by atoms with Gasteiger partial charge in [-0.25, -0.2) is 0 Å². The molecule has 0 aliphatic carbocycles. The minimum absolute atomic E-state index is 1.11. The summed E-state index contributed by atoms with van der Waals surface area (Å²) in [5.41, 5.74) is 24.3. The predicted octanol–water partition coefficient (Wildman–Crippen LogP) is 26.5. The van der Waals surface area contributed by atoms with Gasteiger partial charge in [0.1, 0.15) is 0 Å². The number of rotatable bonds is 16. The van der Waals surface area contributed by atoms with E-state index in [1.54, 1.807) is 0 Å². The van der Waals surface area contributed by atoms with Gasteiger partial charge in [0.25, 0.3) is 0 Å². The van der Waals surface area contributed by atoms with Crippen LogP contribution in [0.25, 0.3) is 66.1 Å². The van der Waals surface area contributed by atoms with Gasteiger partial charge in [-0.15, -0.1) is 0 Å². The fourth-order valence-corrected chi connectivity index (χ4v) is 13.2. The average Bonchev–Trinajstić information content (AvgIpc) is 0.814. The van der Waals surface area contributed by atoms with Crippen LogP contribution in [0.5, 0.6) is 0 Å². The topological polar surface area (TPSA) is 13.0 Å². The second kappa shape index (κ2) is 28.2. The molecular weight excluding hydrogens is 1170 g/mol. The Morgan fingerprint density at radius 3 is 0.866 bits per heavy atom. The van der Waals surface area contributed by atoms with Crippen molar-refractivity contribution in [3.05, 3.63) is 412 Å². The van der Waals surface area contributed by atoms with E-state index in [0.29, 0.717) is 0 Å². The quantitative estimate of drug-likeness (QED) is 0.0956. The molecule has 16 aromatic rings. The van der Waals surface area contributed by atoms with Gasteiger partial charge in [0.2, 0.25) is 0 Å². The Morgan fingerprint density at radius 1 is 0.165 bits per heavy atom. The molecule has 0 atom stereocenters. The number of hydrogen-bond acceptors (Lipinski definition) is 4. The summed E-state index contributed by atoms with van der Waals surface area (Å²) in [5.74, 6) is 0. The van der Waals surface area contributed by atoms with Crippen molar-refractivity contribution in [1.29, 1.82) is 0 Å². The van der Waals surface area contributed by atoms with E-state index in [2.05, 4.69) is 433 Å². The van der Waals surface area contributed by atoms with Gasteiger partial charge in [0.05, 0.1) is 5.69 Å². The molecule has 0 aromatic heterocycles. The third kappa shape index (κ3) is 13.3. The van der Waals surface area contributed by atoms with Gasteiger partial charge < -0.3 is 19.6 Å². The molecule has 16 aromatic carbocycles. The molecule has 0 fully saturated rings. The van der Waals surface area contributed by atoms with Crippen LogP contribution in [-0.2, 0) is 0 Å². The fraction of sp³-hybridized carbons (Fsp3) is 0.0108. The Kier molecular flexibility index (Phi) is 17.6. The normalized spacial score (nSPS) is 10.9. The van der Waals surface area contributed by atoms with Gasteiger partial charge >= 0.3 is 0 Å². The molecule has 0 bridgehead atoms. The average molecular weight is 1240 g/mol. The second-order valence-corrected chi connectivity index (χ2v) is 24.2. The van der Waals surface area contributed by atoms with Crippen LogP contribution in [0.2, 0.25) is 0 Å². The molecule has 0 unspecified atom stereocenters. The van der Waals surface area contributed by atoms with E-state index in [-0.39, 0.29) is 0 Å². The van der Waals surface area contributed by atoms with E-state index in [1.807, 2.05) is 0 Å². The first-order chi connectivity index (χ1) is 48.0. The largest absolute Gasteiger partial charge is 0.311 e. The van der Waals surface area contributed by atoms with E-state index in [0.717, 1.165) is 68.2 Å². The predicted molar refractivity (Wildman–Crippen MR) is 413 cm³/mol. The van der Waals surface area contributed by atoms with Crippen LogP contribution in [-0.4, -0.2) is 0 Å². The first kappa shape index (κ1) is 60.5. The molecule has 0 saturated heterocycles. The summed E-state index contributed by atoms with van der Waals surface area (Å²) in [6.07, 6.45) is 0. The number of benzene rings is 16. The molecule has 462 valence electrons. The maximum atomic E-state index is 2.34. The van der Waals surface area contributed by atoms with Gasteiger partial charge in [-0.1, -0.05) is 267 Å². The molecule has 4 nitrogen and oxygen atoms in total. The molecule has 0 amide bonds. The highest BCUT2D eigenvalue weighted by atomic mass is 15.2. The number of hydrogen-bond donors (Lipinski definition) is 0. The Balaban J connectivity index is 0.000000160. The Hall–Kier alpha value is -12.8. The Labute approximate surface area is 569 Å². The first-order valence-electron chi connectivity index (χ1n) is 33.1. The molecule has 0 saturated carbocycles. The van der Waals surface area contributed by atoms with Crippen molar-refractivity contribution in [1.82, 2.24) is 0 Å². The number of para-hydroxylation sites is 4. The monoisotopic (exact) mass is 1240 g/mol. The van der Waals surface area contributed by atoms with Crippen LogP contribution in [0, 0.1) is 6.92 Å². The maximum Gasteiger partial charge on any atom is 0.0540 e. The van der Waals surface area contributed by atoms with Gasteiger partial charge in [-0.05, 0) is 213 Å². The minimum atomic E-state index is 1.11. The summed E-state index contributed by atoms with van der Waals surface area (Å²) >= 11 is 0. The lowest BCUT2D eigenvalue weighted by molar-refractivity contribution is 1.27. The molecule has 0 heterocycles. The van der Waals surface area contributed by atoms with E-state index < -0.39 is 0 Å². The van der Waals surface area contributed by atoms with E-state index >= 15 is 0 Å². The zero-order chi connectivity index (χ0) is 65.1. The van der Waals surface area contributed by atoms with Crippen molar-refractivity contribution in [2.45, 2.75) is 6.92 Å². The molecule has 0 aliphatic heterocycles. The molecule has 16 rings (SSSR count). The zero-order valence-corrected chi connectivity index (χ0v) is 54.0. The van der Waals surface area contributed by atoms with Crippen molar-refractivity contribution >= 4 is 89.8 Å². The fourth-order valence-electron chi connectivity index (χ4n) is 13.2. The van der Waals surface area contributed by atoms with Crippen molar-refractivity contribution < 1.29 is 0 Å². The highest BCUT2D eigenvalue weighted by Crippen LogP contribution is 2.44. The number of aryl methyl sites for hydroxylation is 1. The molecular formula is C93H70N4. The molecule has 0 radical (unpaired) electrons. The van der Waals surface area contributed by atoms with Crippen LogP contribution in [0.15, 0.2) is 406 Å². The van der Waals surface area contributed by atoms with Crippen molar-refractivity contribution in [2.24, 2.45) is 0 Å². The van der Waals surface area contributed by atoms with Crippen LogP contribution >= 0.6 is 0 Å². The number of anilines is 12. The van der Waals surface area contributed by atoms with Crippen LogP contribution in [0.4, 0.5) is 68.2 Å². The van der Waals surface area contributed by atoms with E-state index in [9.17, 15) is 0 Å². The van der Waals surface area contributed by atoms with Crippen LogP contribution < -0.4 is 19.6 Å². The van der Waals surface area contributed by atoms with Crippen molar-refractivity contribution in [3.63, 3.8) is 0 Å². The van der Waals surface area contributed by atoms with Crippen LogP contribution in [0.3, 0.4) is 0 Å². The highest BCUT2D eigenvalue weighted by molar-refractivity contribution is 5.99. The van der Waals surface area contributed by atoms with Gasteiger partial charge in [-0.2, -0.15) is 0 Å². The number of fused-ring (bicyclic) bond motifs is 2. The summed E-state index contributed by atoms with van der Waals surface area (Å²) in [5, 5.41) is 4.92. The van der Waals surface area contributed by atoms with Crippen molar-refractivity contribution in [3.8, 4) is 44.5 Å². The minimum Gasteiger partial charge on any atom is -0.311 e. The molecule has 0 aliphatic rings. The van der Waals surface area contributed by atoms with Gasteiger partial charge in [-0.3, -0.25) is 0 Å². The summed E-state index contributed by atoms with van der Waals surface area (Å²) < 4.78 is 0. The third-order valence-corrected chi connectivity index (χ3v) is 18.0. The standard InChI is InChI=1S/C49H38N2.C44H32N2/c1-37-36-48(51(44-20-12-5-13-21-44)47-30-24-41(25-31-47)39-16-8-3-9-17-39)34-35-49(37)42-26-32-46(33-27-42)50(43-18-10-4-11-19-43)45-28-22-40(23-29-45)38-14-6-2-7-15-38;1-3-16-38(17-4-1)45(42-31-26-33-12-7-8-14-37(33)32-42)40-27-22-34(23-28-40)35-24-29-41(30-25-35)46(39-18-5-2-6-19-39)44-21-11-15-36-13-9-10-20-43(36)44/h2-36H,1H3;1-32H. The highest BCUT2D eigenvalue weighted by Gasteiger charge is 2.20. The SMILES string of the molecule is Cc1cc(N(c2ccccc2)c2ccc(-c3ccccc3)cc2)ccc1-c1ccc(N(c2ccccc2)c2ccc(-c3ccccc3)cc2)cc1.c1ccc(N(c2ccc(-c3ccc(N(c4ccccc4)c4cccc5ccccc45)cc3)cc2)c2ccc3ccccc3c2)cc1. The van der Waals surface area contributed by atoms with Crippen molar-refractivity contribution in [2.75, 3.05) is 19.6 Å². The maximum absolute atomic E-state index is 2.34. The molecule has 4 heteroatoms. The lowest BCUT2D eigenvalue weighted by Gasteiger charge is -2.27. The lowest BCUT2D eigenvalue weighted by atomic mass is 9.98. The van der Waals surface area contributed by atoms with Crippen LogP contribution in [0.1, 0.15) is 5.56 Å².